The predicted molar refractivity (Wildman–Crippen MR) is 90.2 cm³/mol. The van der Waals surface area contributed by atoms with E-state index in [0.29, 0.717) is 11.4 Å². The summed E-state index contributed by atoms with van der Waals surface area (Å²) in [7, 11) is 0. The molecule has 2 aromatic carbocycles. The van der Waals surface area contributed by atoms with Crippen LogP contribution in [0.2, 0.25) is 0 Å². The van der Waals surface area contributed by atoms with Crippen LogP contribution in [-0.4, -0.2) is 12.0 Å². The fourth-order valence-corrected chi connectivity index (χ4v) is 2.22. The molecule has 0 spiro atoms. The van der Waals surface area contributed by atoms with Gasteiger partial charge in [-0.3, -0.25) is 4.79 Å². The summed E-state index contributed by atoms with van der Waals surface area (Å²) in [5.74, 6) is 0.561. The molecule has 2 rings (SSSR count). The van der Waals surface area contributed by atoms with Crippen LogP contribution in [-0.2, 0) is 4.79 Å². The van der Waals surface area contributed by atoms with Crippen molar-refractivity contribution in [3.05, 3.63) is 53.1 Å². The van der Waals surface area contributed by atoms with Gasteiger partial charge >= 0.3 is 0 Å². The van der Waals surface area contributed by atoms with E-state index < -0.39 is 6.10 Å². The van der Waals surface area contributed by atoms with Crippen molar-refractivity contribution >= 4 is 17.3 Å². The van der Waals surface area contributed by atoms with Crippen molar-refractivity contribution < 1.29 is 9.53 Å². The van der Waals surface area contributed by atoms with E-state index >= 15 is 0 Å². The topological polar surface area (TPSA) is 64.3 Å². The number of nitrogens with one attached hydrogen (secondary N) is 1. The number of carbonyl (C=O) groups is 1. The zero-order valence-corrected chi connectivity index (χ0v) is 13.4. The minimum absolute atomic E-state index is 0.198. The third-order valence-corrected chi connectivity index (χ3v) is 3.59. The second-order valence-electron chi connectivity index (χ2n) is 5.54. The van der Waals surface area contributed by atoms with Crippen LogP contribution >= 0.6 is 0 Å². The summed E-state index contributed by atoms with van der Waals surface area (Å²) in [5, 5.41) is 2.87. The number of nitrogens with two attached hydrogens (primary N) is 1. The van der Waals surface area contributed by atoms with Crippen LogP contribution in [0, 0.1) is 20.8 Å². The number of hydrogen-bond acceptors (Lipinski definition) is 3. The number of nitrogen functional groups attached to an aromatic ring is 1. The number of hydrogen-bond donors (Lipinski definition) is 2. The van der Waals surface area contributed by atoms with E-state index in [-0.39, 0.29) is 5.91 Å². The van der Waals surface area contributed by atoms with Gasteiger partial charge in [0.1, 0.15) is 5.75 Å². The number of benzene rings is 2. The average molecular weight is 298 g/mol. The summed E-state index contributed by atoms with van der Waals surface area (Å²) in [6.07, 6.45) is -0.597. The lowest BCUT2D eigenvalue weighted by Crippen LogP contribution is -2.30. The summed E-state index contributed by atoms with van der Waals surface area (Å²) in [6.45, 7) is 7.60. The van der Waals surface area contributed by atoms with Gasteiger partial charge in [0.05, 0.1) is 0 Å². The molecule has 0 aromatic heterocycles. The van der Waals surface area contributed by atoms with Crippen molar-refractivity contribution in [3.8, 4) is 5.75 Å². The SMILES string of the molecule is Cc1ccc(N)cc1NC(=O)C(C)Oc1c(C)cccc1C. The van der Waals surface area contributed by atoms with Crippen LogP contribution in [0.3, 0.4) is 0 Å². The van der Waals surface area contributed by atoms with Crippen LogP contribution in [0.1, 0.15) is 23.6 Å². The van der Waals surface area contributed by atoms with Gasteiger partial charge in [-0.1, -0.05) is 24.3 Å². The Morgan fingerprint density at radius 2 is 1.73 bits per heavy atom. The Bertz CT molecular complexity index is 675. The summed E-state index contributed by atoms with van der Waals surface area (Å²) in [5.41, 5.74) is 10.1. The zero-order chi connectivity index (χ0) is 16.3. The Morgan fingerprint density at radius 3 is 2.36 bits per heavy atom. The van der Waals surface area contributed by atoms with Gasteiger partial charge in [0.15, 0.2) is 6.10 Å². The van der Waals surface area contributed by atoms with Gasteiger partial charge in [0.25, 0.3) is 5.91 Å². The quantitative estimate of drug-likeness (QED) is 0.848. The Labute approximate surface area is 131 Å². The molecule has 0 saturated carbocycles. The van der Waals surface area contributed by atoms with Gasteiger partial charge in [-0.15, -0.1) is 0 Å². The molecule has 1 atom stereocenters. The third-order valence-electron chi connectivity index (χ3n) is 3.59. The second kappa shape index (κ2) is 6.52. The number of aryl methyl sites for hydroxylation is 3. The molecule has 4 nitrogen and oxygen atoms in total. The normalized spacial score (nSPS) is 11.8. The van der Waals surface area contributed by atoms with Crippen LogP contribution in [0.25, 0.3) is 0 Å². The van der Waals surface area contributed by atoms with Crippen molar-refractivity contribution in [1.82, 2.24) is 0 Å². The van der Waals surface area contributed by atoms with E-state index in [0.717, 1.165) is 22.4 Å². The van der Waals surface area contributed by atoms with E-state index in [9.17, 15) is 4.79 Å². The number of rotatable bonds is 4. The van der Waals surface area contributed by atoms with Gasteiger partial charge < -0.3 is 15.8 Å². The Balaban J connectivity index is 2.11. The maximum Gasteiger partial charge on any atom is 0.265 e. The van der Waals surface area contributed by atoms with Crippen LogP contribution in [0.15, 0.2) is 36.4 Å². The van der Waals surface area contributed by atoms with E-state index in [1.165, 1.54) is 0 Å². The number of carbonyl (C=O) groups excluding carboxylic acids is 1. The molecular weight excluding hydrogens is 276 g/mol. The van der Waals surface area contributed by atoms with Crippen LogP contribution in [0.4, 0.5) is 11.4 Å². The Kier molecular flexibility index (Phi) is 4.71. The summed E-state index contributed by atoms with van der Waals surface area (Å²) < 4.78 is 5.84. The number of anilines is 2. The summed E-state index contributed by atoms with van der Waals surface area (Å²) in [6, 6.07) is 11.3. The molecule has 0 fully saturated rings. The Hall–Kier alpha value is -2.49. The molecule has 2 aromatic rings. The average Bonchev–Trinajstić information content (AvgIpc) is 2.46. The standard InChI is InChI=1S/C18H22N2O2/c1-11-8-9-15(19)10-16(11)20-18(21)14(4)22-17-12(2)6-5-7-13(17)3/h5-10,14H,19H2,1-4H3,(H,20,21). The first kappa shape index (κ1) is 15.9. The van der Waals surface area contributed by atoms with Crippen molar-refractivity contribution in [2.45, 2.75) is 33.8 Å². The fourth-order valence-electron chi connectivity index (χ4n) is 2.22. The van der Waals surface area contributed by atoms with Crippen molar-refractivity contribution in [1.29, 1.82) is 0 Å². The lowest BCUT2D eigenvalue weighted by Gasteiger charge is -2.18. The number of amides is 1. The molecule has 0 radical (unpaired) electrons. The highest BCUT2D eigenvalue weighted by molar-refractivity contribution is 5.95. The van der Waals surface area contributed by atoms with Crippen molar-refractivity contribution in [3.63, 3.8) is 0 Å². The monoisotopic (exact) mass is 298 g/mol. The molecule has 4 heteroatoms. The van der Waals surface area contributed by atoms with Gasteiger partial charge in [-0.25, -0.2) is 0 Å². The predicted octanol–water partition coefficient (Wildman–Crippen LogP) is 3.60. The van der Waals surface area contributed by atoms with E-state index in [4.69, 9.17) is 10.5 Å². The minimum Gasteiger partial charge on any atom is -0.480 e. The molecule has 22 heavy (non-hydrogen) atoms. The molecule has 1 unspecified atom stereocenters. The molecule has 0 heterocycles. The first-order chi connectivity index (χ1) is 10.4. The number of para-hydroxylation sites is 1. The van der Waals surface area contributed by atoms with E-state index in [1.54, 1.807) is 13.0 Å². The maximum atomic E-state index is 12.3. The molecule has 0 aliphatic carbocycles. The largest absolute Gasteiger partial charge is 0.480 e. The maximum absolute atomic E-state index is 12.3. The first-order valence-corrected chi connectivity index (χ1v) is 7.28. The highest BCUT2D eigenvalue weighted by atomic mass is 16.5. The molecule has 1 amide bonds. The molecule has 0 saturated heterocycles. The molecule has 0 aliphatic heterocycles. The van der Waals surface area contributed by atoms with Crippen molar-refractivity contribution in [2.24, 2.45) is 0 Å². The molecule has 0 bridgehead atoms. The smallest absolute Gasteiger partial charge is 0.265 e. The first-order valence-electron chi connectivity index (χ1n) is 7.28. The van der Waals surface area contributed by atoms with E-state index in [2.05, 4.69) is 5.32 Å². The minimum atomic E-state index is -0.597. The van der Waals surface area contributed by atoms with Gasteiger partial charge in [0, 0.05) is 11.4 Å². The highest BCUT2D eigenvalue weighted by Gasteiger charge is 2.17. The Morgan fingerprint density at radius 1 is 1.09 bits per heavy atom. The van der Waals surface area contributed by atoms with Gasteiger partial charge in [0.2, 0.25) is 0 Å². The lowest BCUT2D eigenvalue weighted by molar-refractivity contribution is -0.122. The number of ether oxygens (including phenoxy) is 1. The molecule has 3 N–H and O–H groups in total. The summed E-state index contributed by atoms with van der Waals surface area (Å²) >= 11 is 0. The van der Waals surface area contributed by atoms with Crippen LogP contribution < -0.4 is 15.8 Å². The molecular formula is C18H22N2O2. The van der Waals surface area contributed by atoms with Crippen molar-refractivity contribution in [2.75, 3.05) is 11.1 Å². The third kappa shape index (κ3) is 3.58. The van der Waals surface area contributed by atoms with Gasteiger partial charge in [-0.2, -0.15) is 0 Å². The summed E-state index contributed by atoms with van der Waals surface area (Å²) in [4.78, 5) is 12.3. The van der Waals surface area contributed by atoms with Crippen LogP contribution in [0.5, 0.6) is 5.75 Å². The fraction of sp³-hybridized carbons (Fsp3) is 0.278. The highest BCUT2D eigenvalue weighted by Crippen LogP contribution is 2.24. The zero-order valence-electron chi connectivity index (χ0n) is 13.4. The molecule has 0 aliphatic rings. The van der Waals surface area contributed by atoms with E-state index in [1.807, 2.05) is 51.1 Å². The van der Waals surface area contributed by atoms with Gasteiger partial charge in [-0.05, 0) is 56.5 Å². The lowest BCUT2D eigenvalue weighted by atomic mass is 10.1. The second-order valence-corrected chi connectivity index (χ2v) is 5.54. The molecule has 116 valence electrons.